The van der Waals surface area contributed by atoms with Crippen molar-refractivity contribution in [2.75, 3.05) is 6.67 Å². The van der Waals surface area contributed by atoms with Crippen LogP contribution in [0.5, 0.6) is 0 Å². The molecule has 0 aliphatic carbocycles. The molecule has 0 spiro atoms. The van der Waals surface area contributed by atoms with Gasteiger partial charge >= 0.3 is 0 Å². The second-order valence-corrected chi connectivity index (χ2v) is 6.94. The Kier molecular flexibility index (Phi) is 4.39. The molecule has 4 rings (SSSR count). The molecule has 0 atom stereocenters. The highest BCUT2D eigenvalue weighted by Crippen LogP contribution is 2.32. The number of thiophene rings is 1. The molecular weight excluding hydrogens is 347 g/mol. The number of benzene rings is 2. The molecule has 0 radical (unpaired) electrons. The molecule has 0 unspecified atom stereocenters. The molecular formula is C21H17FN2OS. The fourth-order valence-electron chi connectivity index (χ4n) is 3.16. The van der Waals surface area contributed by atoms with Gasteiger partial charge in [-0.15, -0.1) is 11.3 Å². The topological polar surface area (TPSA) is 34.9 Å². The third-order valence-electron chi connectivity index (χ3n) is 4.50. The van der Waals surface area contributed by atoms with Crippen LogP contribution in [0.2, 0.25) is 0 Å². The summed E-state index contributed by atoms with van der Waals surface area (Å²) in [7, 11) is 0. The van der Waals surface area contributed by atoms with Gasteiger partial charge in [0.2, 0.25) is 0 Å². The molecule has 26 heavy (non-hydrogen) atoms. The Labute approximate surface area is 154 Å². The molecule has 2 heterocycles. The molecule has 3 nitrogen and oxygen atoms in total. The largest absolute Gasteiger partial charge is 0.294 e. The van der Waals surface area contributed by atoms with Crippen LogP contribution >= 0.6 is 11.3 Å². The lowest BCUT2D eigenvalue weighted by molar-refractivity contribution is 0.435. The van der Waals surface area contributed by atoms with Crippen LogP contribution in [-0.2, 0) is 6.54 Å². The van der Waals surface area contributed by atoms with Crippen molar-refractivity contribution in [1.82, 2.24) is 9.55 Å². The Morgan fingerprint density at radius 1 is 1.00 bits per heavy atom. The number of hydrogen-bond donors (Lipinski definition) is 0. The summed E-state index contributed by atoms with van der Waals surface area (Å²) >= 11 is 1.45. The zero-order valence-corrected chi connectivity index (χ0v) is 15.1. The summed E-state index contributed by atoms with van der Waals surface area (Å²) in [6, 6.07) is 18.3. The third kappa shape index (κ3) is 2.84. The number of halogens is 1. The Morgan fingerprint density at radius 2 is 1.65 bits per heavy atom. The highest BCUT2D eigenvalue weighted by molar-refractivity contribution is 7.17. The monoisotopic (exact) mass is 364 g/mol. The maximum atomic E-state index is 12.8. The van der Waals surface area contributed by atoms with Gasteiger partial charge in [0.1, 0.15) is 17.3 Å². The zero-order chi connectivity index (χ0) is 18.1. The quantitative estimate of drug-likeness (QED) is 0.507. The number of hydrogen-bond acceptors (Lipinski definition) is 3. The molecule has 0 N–H and O–H groups in total. The number of aromatic nitrogens is 2. The van der Waals surface area contributed by atoms with Gasteiger partial charge in [0, 0.05) is 10.9 Å². The molecule has 0 saturated heterocycles. The molecule has 0 aliphatic heterocycles. The van der Waals surface area contributed by atoms with Crippen molar-refractivity contribution in [3.8, 4) is 22.3 Å². The number of rotatable bonds is 4. The first-order chi connectivity index (χ1) is 12.7. The lowest BCUT2D eigenvalue weighted by Crippen LogP contribution is -2.24. The van der Waals surface area contributed by atoms with Gasteiger partial charge in [-0.3, -0.25) is 9.36 Å². The predicted octanol–water partition coefficient (Wildman–Crippen LogP) is 5.07. The van der Waals surface area contributed by atoms with Gasteiger partial charge in [0.05, 0.1) is 11.9 Å². The molecule has 0 bridgehead atoms. The minimum Gasteiger partial charge on any atom is -0.294 e. The number of alkyl halides is 1. The van der Waals surface area contributed by atoms with Crippen molar-refractivity contribution in [2.24, 2.45) is 0 Å². The standard InChI is InChI=1S/C21H17FN2OS/c1-14-23-20-19(21(25)24(14)12-11-22)18(13-26-20)17-9-7-16(8-10-17)15-5-3-2-4-6-15/h2-10,13H,11-12H2,1H3. The van der Waals surface area contributed by atoms with Gasteiger partial charge in [-0.1, -0.05) is 54.6 Å². The van der Waals surface area contributed by atoms with E-state index < -0.39 is 6.67 Å². The van der Waals surface area contributed by atoms with E-state index in [2.05, 4.69) is 29.2 Å². The maximum Gasteiger partial charge on any atom is 0.262 e. The molecule has 2 aromatic carbocycles. The van der Waals surface area contributed by atoms with E-state index in [1.165, 1.54) is 15.9 Å². The fraction of sp³-hybridized carbons (Fsp3) is 0.143. The third-order valence-corrected chi connectivity index (χ3v) is 5.37. The Balaban J connectivity index is 1.82. The Hall–Kier alpha value is -2.79. The van der Waals surface area contributed by atoms with Crippen molar-refractivity contribution in [3.05, 3.63) is 76.2 Å². The number of aryl methyl sites for hydroxylation is 1. The van der Waals surface area contributed by atoms with E-state index >= 15 is 0 Å². The smallest absolute Gasteiger partial charge is 0.262 e. The number of nitrogens with zero attached hydrogens (tertiary/aromatic N) is 2. The highest BCUT2D eigenvalue weighted by atomic mass is 32.1. The molecule has 4 aromatic rings. The highest BCUT2D eigenvalue weighted by Gasteiger charge is 2.15. The van der Waals surface area contributed by atoms with Crippen LogP contribution in [0.25, 0.3) is 32.5 Å². The van der Waals surface area contributed by atoms with E-state index in [-0.39, 0.29) is 12.1 Å². The van der Waals surface area contributed by atoms with Crippen molar-refractivity contribution >= 4 is 21.6 Å². The van der Waals surface area contributed by atoms with Crippen molar-refractivity contribution in [2.45, 2.75) is 13.5 Å². The summed E-state index contributed by atoms with van der Waals surface area (Å²) in [5, 5.41) is 2.53. The van der Waals surface area contributed by atoms with E-state index in [0.717, 1.165) is 22.3 Å². The first-order valence-corrected chi connectivity index (χ1v) is 9.27. The van der Waals surface area contributed by atoms with Crippen LogP contribution in [0.1, 0.15) is 5.82 Å². The van der Waals surface area contributed by atoms with Crippen LogP contribution in [-0.4, -0.2) is 16.2 Å². The van der Waals surface area contributed by atoms with Gasteiger partial charge in [0.25, 0.3) is 5.56 Å². The minimum absolute atomic E-state index is 0.0375. The Morgan fingerprint density at radius 3 is 2.35 bits per heavy atom. The van der Waals surface area contributed by atoms with Crippen LogP contribution < -0.4 is 5.56 Å². The van der Waals surface area contributed by atoms with Gasteiger partial charge in [-0.25, -0.2) is 9.37 Å². The SMILES string of the molecule is Cc1nc2scc(-c3ccc(-c4ccccc4)cc3)c2c(=O)n1CCF. The van der Waals surface area contributed by atoms with Crippen molar-refractivity contribution in [3.63, 3.8) is 0 Å². The molecule has 130 valence electrons. The Bertz CT molecular complexity index is 1110. The van der Waals surface area contributed by atoms with Gasteiger partial charge in [-0.05, 0) is 23.6 Å². The summed E-state index contributed by atoms with van der Waals surface area (Å²) in [5.74, 6) is 0.549. The van der Waals surface area contributed by atoms with Crippen LogP contribution in [0.4, 0.5) is 4.39 Å². The predicted molar refractivity (Wildman–Crippen MR) is 105 cm³/mol. The second-order valence-electron chi connectivity index (χ2n) is 6.08. The summed E-state index contributed by atoms with van der Waals surface area (Å²) in [6.45, 7) is 1.19. The minimum atomic E-state index is -0.584. The average Bonchev–Trinajstić information content (AvgIpc) is 3.10. The summed E-state index contributed by atoms with van der Waals surface area (Å²) in [6.07, 6.45) is 0. The van der Waals surface area contributed by atoms with Crippen LogP contribution in [0.3, 0.4) is 0 Å². The van der Waals surface area contributed by atoms with E-state index in [1.54, 1.807) is 6.92 Å². The summed E-state index contributed by atoms with van der Waals surface area (Å²) in [4.78, 5) is 18.0. The fourth-order valence-corrected chi connectivity index (χ4v) is 4.14. The van der Waals surface area contributed by atoms with Crippen LogP contribution in [0, 0.1) is 6.92 Å². The first kappa shape index (κ1) is 16.7. The van der Waals surface area contributed by atoms with E-state index in [1.807, 2.05) is 35.7 Å². The zero-order valence-electron chi connectivity index (χ0n) is 14.3. The normalized spacial score (nSPS) is 11.2. The average molecular weight is 364 g/mol. The van der Waals surface area contributed by atoms with Gasteiger partial charge in [-0.2, -0.15) is 0 Å². The van der Waals surface area contributed by atoms with E-state index in [4.69, 9.17) is 0 Å². The molecule has 0 fully saturated rings. The molecule has 5 heteroatoms. The number of fused-ring (bicyclic) bond motifs is 1. The molecule has 0 amide bonds. The van der Waals surface area contributed by atoms with Crippen molar-refractivity contribution in [1.29, 1.82) is 0 Å². The maximum absolute atomic E-state index is 12.8. The van der Waals surface area contributed by atoms with Crippen molar-refractivity contribution < 1.29 is 4.39 Å². The molecule has 0 aliphatic rings. The van der Waals surface area contributed by atoms with Gasteiger partial charge in [0.15, 0.2) is 0 Å². The lowest BCUT2D eigenvalue weighted by atomic mass is 10.0. The molecule has 2 aromatic heterocycles. The van der Waals surface area contributed by atoms with E-state index in [9.17, 15) is 9.18 Å². The van der Waals surface area contributed by atoms with E-state index in [0.29, 0.717) is 16.0 Å². The first-order valence-electron chi connectivity index (χ1n) is 8.39. The van der Waals surface area contributed by atoms with Crippen LogP contribution in [0.15, 0.2) is 64.8 Å². The lowest BCUT2D eigenvalue weighted by Gasteiger charge is -2.08. The summed E-state index contributed by atoms with van der Waals surface area (Å²) < 4.78 is 14.2. The van der Waals surface area contributed by atoms with Gasteiger partial charge < -0.3 is 0 Å². The second kappa shape index (κ2) is 6.84. The molecule has 0 saturated carbocycles. The summed E-state index contributed by atoms with van der Waals surface area (Å²) in [5.41, 5.74) is 3.92.